The summed E-state index contributed by atoms with van der Waals surface area (Å²) in [5.41, 5.74) is 1.43. The highest BCUT2D eigenvalue weighted by atomic mass is 32.2. The van der Waals surface area contributed by atoms with Crippen LogP contribution in [0.15, 0.2) is 15.7 Å². The lowest BCUT2D eigenvalue weighted by molar-refractivity contribution is -0.902. The van der Waals surface area contributed by atoms with E-state index in [4.69, 9.17) is 4.42 Å². The summed E-state index contributed by atoms with van der Waals surface area (Å²) in [5.74, 6) is 1.49. The molecule has 4 rings (SSSR count). The molecule has 1 amide bonds. The average Bonchev–Trinajstić information content (AvgIpc) is 3.33. The number of amides is 1. The van der Waals surface area contributed by atoms with Gasteiger partial charge in [-0.2, -0.15) is 0 Å². The number of nitrogens with one attached hydrogen (secondary N) is 1. The number of quaternary nitrogens is 1. The van der Waals surface area contributed by atoms with Crippen molar-refractivity contribution in [1.82, 2.24) is 15.1 Å². The molecular weight excluding hydrogens is 392 g/mol. The van der Waals surface area contributed by atoms with Crippen LogP contribution in [-0.2, 0) is 17.6 Å². The van der Waals surface area contributed by atoms with Crippen molar-refractivity contribution in [2.45, 2.75) is 50.5 Å². The van der Waals surface area contributed by atoms with Gasteiger partial charge in [0.2, 0.25) is 5.91 Å². The quantitative estimate of drug-likeness (QED) is 0.750. The van der Waals surface area contributed by atoms with Crippen LogP contribution < -0.4 is 4.90 Å². The Morgan fingerprint density at radius 2 is 2.21 bits per heavy atom. The molecule has 152 valence electrons. The van der Waals surface area contributed by atoms with E-state index < -0.39 is 0 Å². The summed E-state index contributed by atoms with van der Waals surface area (Å²) in [4.78, 5) is 18.8. The fourth-order valence-electron chi connectivity index (χ4n) is 4.02. The van der Waals surface area contributed by atoms with Crippen LogP contribution in [0.2, 0.25) is 0 Å². The van der Waals surface area contributed by atoms with Crippen molar-refractivity contribution in [3.8, 4) is 10.8 Å². The molecule has 0 saturated carbocycles. The third kappa shape index (κ3) is 4.28. The molecule has 2 aromatic heterocycles. The summed E-state index contributed by atoms with van der Waals surface area (Å²) < 4.78 is 5.89. The molecular formula is C20H29N4O2S2+. The predicted molar refractivity (Wildman–Crippen MR) is 112 cm³/mol. The smallest absolute Gasteiger partial charge is 0.277 e. The zero-order valence-electron chi connectivity index (χ0n) is 16.9. The molecule has 2 aromatic rings. The van der Waals surface area contributed by atoms with Crippen LogP contribution in [-0.4, -0.2) is 59.0 Å². The minimum atomic E-state index is -0.214. The van der Waals surface area contributed by atoms with Crippen molar-refractivity contribution in [3.05, 3.63) is 16.5 Å². The van der Waals surface area contributed by atoms with Crippen LogP contribution in [0, 0.1) is 5.92 Å². The van der Waals surface area contributed by atoms with E-state index >= 15 is 0 Å². The van der Waals surface area contributed by atoms with Gasteiger partial charge in [-0.25, -0.2) is 0 Å². The van der Waals surface area contributed by atoms with Crippen LogP contribution in [0.5, 0.6) is 0 Å². The van der Waals surface area contributed by atoms with Crippen molar-refractivity contribution in [3.63, 3.8) is 0 Å². The molecule has 0 unspecified atom stereocenters. The maximum Gasteiger partial charge on any atom is 0.277 e. The standard InChI is InChI=1S/C20H28N4O2S2/c1-4-23-7-9-24(10-8-23)19(25)14(3)27-20-22-21-18(26-20)17-12-15-11-13(2)5-6-16(15)28-17/h12-14H,4-11H2,1-3H3/p+1/t13-,14+/m0/s1. The van der Waals surface area contributed by atoms with Gasteiger partial charge < -0.3 is 14.2 Å². The SMILES string of the molecule is CC[NH+]1CCN(C(=O)[C@@H](C)Sc2nnc(-c3cc4c(s3)CC[C@H](C)C4)o2)CC1. The number of hydrogen-bond donors (Lipinski definition) is 1. The normalized spacial score (nSPS) is 21.5. The third-order valence-electron chi connectivity index (χ3n) is 5.85. The molecule has 1 saturated heterocycles. The summed E-state index contributed by atoms with van der Waals surface area (Å²) in [7, 11) is 0. The predicted octanol–water partition coefficient (Wildman–Crippen LogP) is 2.15. The highest BCUT2D eigenvalue weighted by Gasteiger charge is 2.28. The van der Waals surface area contributed by atoms with E-state index in [0.29, 0.717) is 11.1 Å². The van der Waals surface area contributed by atoms with Gasteiger partial charge in [0.05, 0.1) is 42.9 Å². The minimum Gasteiger partial charge on any atom is -0.410 e. The van der Waals surface area contributed by atoms with Gasteiger partial charge in [0.1, 0.15) is 0 Å². The highest BCUT2D eigenvalue weighted by molar-refractivity contribution is 8.00. The van der Waals surface area contributed by atoms with Crippen molar-refractivity contribution in [1.29, 1.82) is 0 Å². The maximum atomic E-state index is 12.7. The van der Waals surface area contributed by atoms with E-state index in [9.17, 15) is 4.79 Å². The molecule has 1 aliphatic heterocycles. The first-order valence-electron chi connectivity index (χ1n) is 10.3. The fraction of sp³-hybridized carbons (Fsp3) is 0.650. The fourth-order valence-corrected chi connectivity index (χ4v) is 5.92. The second kappa shape index (κ2) is 8.55. The zero-order valence-corrected chi connectivity index (χ0v) is 18.5. The van der Waals surface area contributed by atoms with Gasteiger partial charge in [-0.1, -0.05) is 18.7 Å². The zero-order chi connectivity index (χ0) is 19.7. The Bertz CT molecular complexity index is 826. The number of carbonyl (C=O) groups is 1. The van der Waals surface area contributed by atoms with E-state index in [1.807, 2.05) is 11.8 Å². The number of thioether (sulfide) groups is 1. The lowest BCUT2D eigenvalue weighted by Crippen LogP contribution is -3.14. The first-order valence-corrected chi connectivity index (χ1v) is 12.0. The molecule has 2 atom stereocenters. The number of hydrogen-bond acceptors (Lipinski definition) is 6. The lowest BCUT2D eigenvalue weighted by atomic mass is 9.90. The molecule has 1 N–H and O–H groups in total. The van der Waals surface area contributed by atoms with Crippen LogP contribution in [0.25, 0.3) is 10.8 Å². The average molecular weight is 422 g/mol. The Morgan fingerprint density at radius 1 is 1.43 bits per heavy atom. The number of aromatic nitrogens is 2. The largest absolute Gasteiger partial charge is 0.410 e. The van der Waals surface area contributed by atoms with Gasteiger partial charge in [-0.3, -0.25) is 4.79 Å². The van der Waals surface area contributed by atoms with Crippen molar-refractivity contribution >= 4 is 29.0 Å². The first-order chi connectivity index (χ1) is 13.5. The molecule has 3 heterocycles. The van der Waals surface area contributed by atoms with Crippen molar-refractivity contribution < 1.29 is 14.1 Å². The summed E-state index contributed by atoms with van der Waals surface area (Å²) in [6, 6.07) is 2.21. The van der Waals surface area contributed by atoms with E-state index in [1.165, 1.54) is 28.6 Å². The summed E-state index contributed by atoms with van der Waals surface area (Å²) >= 11 is 3.14. The Labute approximate surface area is 174 Å². The molecule has 6 nitrogen and oxygen atoms in total. The van der Waals surface area contributed by atoms with Crippen LogP contribution in [0.4, 0.5) is 0 Å². The van der Waals surface area contributed by atoms with Gasteiger partial charge in [0, 0.05) is 4.88 Å². The van der Waals surface area contributed by atoms with Gasteiger partial charge in [0.15, 0.2) is 0 Å². The van der Waals surface area contributed by atoms with Gasteiger partial charge in [-0.15, -0.1) is 21.5 Å². The van der Waals surface area contributed by atoms with Crippen molar-refractivity contribution in [2.24, 2.45) is 5.92 Å². The number of piperazine rings is 1. The van der Waals surface area contributed by atoms with Crippen molar-refractivity contribution in [2.75, 3.05) is 32.7 Å². The van der Waals surface area contributed by atoms with Gasteiger partial charge >= 0.3 is 0 Å². The number of nitrogens with zero attached hydrogens (tertiary/aromatic N) is 3. The third-order valence-corrected chi connectivity index (χ3v) is 8.00. The minimum absolute atomic E-state index is 0.167. The van der Waals surface area contributed by atoms with Crippen LogP contribution >= 0.6 is 23.1 Å². The van der Waals surface area contributed by atoms with Gasteiger partial charge in [0.25, 0.3) is 11.1 Å². The molecule has 0 aromatic carbocycles. The Hall–Kier alpha value is -1.38. The molecule has 8 heteroatoms. The van der Waals surface area contributed by atoms with Crippen LogP contribution in [0.1, 0.15) is 37.6 Å². The number of rotatable bonds is 5. The van der Waals surface area contributed by atoms with E-state index in [2.05, 4.69) is 30.1 Å². The molecule has 1 fully saturated rings. The maximum absolute atomic E-state index is 12.7. The number of thiophene rings is 1. The van der Waals surface area contributed by atoms with E-state index in [1.54, 1.807) is 16.2 Å². The highest BCUT2D eigenvalue weighted by Crippen LogP contribution is 2.37. The summed E-state index contributed by atoms with van der Waals surface area (Å²) in [5, 5.41) is 8.69. The second-order valence-electron chi connectivity index (χ2n) is 7.97. The summed E-state index contributed by atoms with van der Waals surface area (Å²) in [6.07, 6.45) is 3.54. The molecule has 2 aliphatic rings. The molecule has 0 spiro atoms. The number of fused-ring (bicyclic) bond motifs is 1. The summed E-state index contributed by atoms with van der Waals surface area (Å²) in [6.45, 7) is 11.3. The molecule has 1 aliphatic carbocycles. The molecule has 0 radical (unpaired) electrons. The molecule has 0 bridgehead atoms. The second-order valence-corrected chi connectivity index (χ2v) is 10.4. The Kier molecular flexibility index (Phi) is 6.08. The van der Waals surface area contributed by atoms with Crippen LogP contribution in [0.3, 0.4) is 0 Å². The molecule has 28 heavy (non-hydrogen) atoms. The monoisotopic (exact) mass is 421 g/mol. The van der Waals surface area contributed by atoms with E-state index in [0.717, 1.165) is 56.4 Å². The Balaban J connectivity index is 1.37. The Morgan fingerprint density at radius 3 is 2.96 bits per heavy atom. The van der Waals surface area contributed by atoms with Gasteiger partial charge in [-0.05, 0) is 50.7 Å². The number of carbonyl (C=O) groups excluding carboxylic acids is 1. The topological polar surface area (TPSA) is 63.7 Å². The number of likely N-dealkylation sites (N-methyl/N-ethyl adjacent to an activating group) is 1. The first kappa shape index (κ1) is 19.9. The number of aryl methyl sites for hydroxylation is 1. The van der Waals surface area contributed by atoms with E-state index in [-0.39, 0.29) is 11.2 Å². The lowest BCUT2D eigenvalue weighted by Gasteiger charge is -2.32.